The third kappa shape index (κ3) is 2.24. The van der Waals surface area contributed by atoms with Gasteiger partial charge in [0, 0.05) is 10.9 Å². The number of benzene rings is 1. The number of aromatic nitrogens is 1. The van der Waals surface area contributed by atoms with E-state index in [4.69, 9.17) is 5.73 Å². The summed E-state index contributed by atoms with van der Waals surface area (Å²) >= 11 is 0. The minimum absolute atomic E-state index is 0.0136. The highest BCUT2D eigenvalue weighted by Gasteiger charge is 2.06. The van der Waals surface area contributed by atoms with Gasteiger partial charge in [0.05, 0.1) is 5.52 Å². The van der Waals surface area contributed by atoms with E-state index in [2.05, 4.69) is 18.0 Å². The average Bonchev–Trinajstić information content (AvgIpc) is 2.32. The van der Waals surface area contributed by atoms with Crippen molar-refractivity contribution in [1.82, 2.24) is 4.98 Å². The van der Waals surface area contributed by atoms with Crippen molar-refractivity contribution in [3.05, 3.63) is 45.2 Å². The zero-order chi connectivity index (χ0) is 12.4. The van der Waals surface area contributed by atoms with Gasteiger partial charge in [0.2, 0.25) is 0 Å². The van der Waals surface area contributed by atoms with Crippen LogP contribution in [0.3, 0.4) is 0 Å². The molecule has 0 fully saturated rings. The summed E-state index contributed by atoms with van der Waals surface area (Å²) in [5.41, 5.74) is 9.57. The Morgan fingerprint density at radius 2 is 1.94 bits per heavy atom. The van der Waals surface area contributed by atoms with Crippen LogP contribution >= 0.6 is 0 Å². The first-order chi connectivity index (χ1) is 8.13. The maximum Gasteiger partial charge on any atom is 0.251 e. The second-order valence-electron chi connectivity index (χ2n) is 4.50. The first-order valence-electron chi connectivity index (χ1n) is 5.95. The topological polar surface area (TPSA) is 58.9 Å². The van der Waals surface area contributed by atoms with E-state index in [9.17, 15) is 4.79 Å². The molecule has 1 heterocycles. The molecule has 0 spiro atoms. The van der Waals surface area contributed by atoms with Gasteiger partial charge < -0.3 is 10.7 Å². The second-order valence-corrected chi connectivity index (χ2v) is 4.50. The molecule has 1 aromatic carbocycles. The number of rotatable bonds is 3. The zero-order valence-corrected chi connectivity index (χ0v) is 10.3. The van der Waals surface area contributed by atoms with Crippen LogP contribution in [-0.2, 0) is 6.42 Å². The molecule has 0 aliphatic carbocycles. The highest BCUT2D eigenvalue weighted by atomic mass is 16.1. The summed E-state index contributed by atoms with van der Waals surface area (Å²) in [7, 11) is 0. The quantitative estimate of drug-likeness (QED) is 0.847. The van der Waals surface area contributed by atoms with Crippen LogP contribution in [0.5, 0.6) is 0 Å². The number of hydrogen-bond donors (Lipinski definition) is 2. The third-order valence-corrected chi connectivity index (χ3v) is 3.17. The number of nitrogens with two attached hydrogens (primary N) is 1. The Hall–Kier alpha value is -1.61. The molecule has 3 nitrogen and oxygen atoms in total. The van der Waals surface area contributed by atoms with Gasteiger partial charge in [-0.05, 0) is 50.4 Å². The fraction of sp³-hybridized carbons (Fsp3) is 0.357. The van der Waals surface area contributed by atoms with Crippen molar-refractivity contribution in [2.45, 2.75) is 26.7 Å². The van der Waals surface area contributed by atoms with E-state index in [0.29, 0.717) is 6.54 Å². The van der Waals surface area contributed by atoms with Gasteiger partial charge in [0.1, 0.15) is 0 Å². The highest BCUT2D eigenvalue weighted by molar-refractivity contribution is 5.85. The van der Waals surface area contributed by atoms with Crippen molar-refractivity contribution in [2.75, 3.05) is 6.54 Å². The van der Waals surface area contributed by atoms with Crippen LogP contribution < -0.4 is 11.3 Å². The van der Waals surface area contributed by atoms with Gasteiger partial charge in [-0.2, -0.15) is 0 Å². The Kier molecular flexibility index (Phi) is 3.29. The van der Waals surface area contributed by atoms with Crippen LogP contribution in [0.25, 0.3) is 10.9 Å². The number of hydrogen-bond acceptors (Lipinski definition) is 2. The Bertz CT molecular complexity index is 599. The van der Waals surface area contributed by atoms with E-state index in [1.165, 1.54) is 5.56 Å². The molecule has 2 rings (SSSR count). The number of pyridine rings is 1. The molecule has 0 atom stereocenters. The van der Waals surface area contributed by atoms with Crippen molar-refractivity contribution < 1.29 is 0 Å². The third-order valence-electron chi connectivity index (χ3n) is 3.17. The number of H-pyrrole nitrogens is 1. The normalized spacial score (nSPS) is 11.0. The van der Waals surface area contributed by atoms with Crippen LogP contribution in [0.1, 0.15) is 23.1 Å². The van der Waals surface area contributed by atoms with Crippen LogP contribution in [0, 0.1) is 13.8 Å². The summed E-state index contributed by atoms with van der Waals surface area (Å²) in [6.45, 7) is 4.69. The summed E-state index contributed by atoms with van der Waals surface area (Å²) < 4.78 is 0. The molecule has 3 heteroatoms. The minimum Gasteiger partial charge on any atom is -0.330 e. The molecule has 0 saturated heterocycles. The van der Waals surface area contributed by atoms with E-state index < -0.39 is 0 Å². The van der Waals surface area contributed by atoms with Gasteiger partial charge in [-0.25, -0.2) is 0 Å². The summed E-state index contributed by atoms with van der Waals surface area (Å²) in [6.07, 6.45) is 1.59. The summed E-state index contributed by atoms with van der Waals surface area (Å²) in [5, 5.41) is 1.14. The van der Waals surface area contributed by atoms with E-state index in [1.54, 1.807) is 0 Å². The van der Waals surface area contributed by atoms with E-state index >= 15 is 0 Å². The Morgan fingerprint density at radius 1 is 1.24 bits per heavy atom. The van der Waals surface area contributed by atoms with Gasteiger partial charge in [-0.15, -0.1) is 0 Å². The highest BCUT2D eigenvalue weighted by Crippen LogP contribution is 2.19. The second kappa shape index (κ2) is 4.72. The minimum atomic E-state index is 0.0136. The first kappa shape index (κ1) is 11.9. The van der Waals surface area contributed by atoms with Crippen molar-refractivity contribution in [3.8, 4) is 0 Å². The van der Waals surface area contributed by atoms with Gasteiger partial charge >= 0.3 is 0 Å². The Labute approximate surface area is 101 Å². The van der Waals surface area contributed by atoms with Crippen molar-refractivity contribution in [3.63, 3.8) is 0 Å². The van der Waals surface area contributed by atoms with E-state index in [1.807, 2.05) is 19.1 Å². The molecule has 0 amide bonds. The first-order valence-corrected chi connectivity index (χ1v) is 5.95. The molecule has 0 radical (unpaired) electrons. The Morgan fingerprint density at radius 3 is 2.65 bits per heavy atom. The van der Waals surface area contributed by atoms with Crippen molar-refractivity contribution in [2.24, 2.45) is 5.73 Å². The van der Waals surface area contributed by atoms with Gasteiger partial charge in [-0.1, -0.05) is 12.1 Å². The standard InChI is InChI=1S/C14H18N2O/c1-9-5-6-10(2)13-12(9)8-11(4-3-7-15)14(17)16-13/h5-6,8H,3-4,7,15H2,1-2H3,(H,16,17). The van der Waals surface area contributed by atoms with Crippen LogP contribution in [0.4, 0.5) is 0 Å². The number of aryl methyl sites for hydroxylation is 3. The molecule has 1 aromatic heterocycles. The molecule has 0 aliphatic heterocycles. The zero-order valence-electron chi connectivity index (χ0n) is 10.3. The summed E-state index contributed by atoms with van der Waals surface area (Å²) in [6, 6.07) is 6.13. The maximum atomic E-state index is 11.9. The van der Waals surface area contributed by atoms with E-state index in [0.717, 1.165) is 34.9 Å². The fourth-order valence-corrected chi connectivity index (χ4v) is 2.10. The molecular weight excluding hydrogens is 212 g/mol. The smallest absolute Gasteiger partial charge is 0.251 e. The van der Waals surface area contributed by atoms with Crippen molar-refractivity contribution >= 4 is 10.9 Å². The lowest BCUT2D eigenvalue weighted by Crippen LogP contribution is -2.14. The fourth-order valence-electron chi connectivity index (χ4n) is 2.10. The largest absolute Gasteiger partial charge is 0.330 e. The average molecular weight is 230 g/mol. The molecule has 90 valence electrons. The number of aromatic amines is 1. The van der Waals surface area contributed by atoms with Gasteiger partial charge in [0.15, 0.2) is 0 Å². The molecule has 0 unspecified atom stereocenters. The number of nitrogens with one attached hydrogen (secondary N) is 1. The lowest BCUT2D eigenvalue weighted by Gasteiger charge is -2.07. The van der Waals surface area contributed by atoms with E-state index in [-0.39, 0.29) is 5.56 Å². The summed E-state index contributed by atoms with van der Waals surface area (Å²) in [4.78, 5) is 14.9. The molecule has 0 bridgehead atoms. The van der Waals surface area contributed by atoms with Crippen LogP contribution in [0.15, 0.2) is 23.0 Å². The molecule has 2 aromatic rings. The molecule has 0 saturated carbocycles. The van der Waals surface area contributed by atoms with Crippen molar-refractivity contribution in [1.29, 1.82) is 0 Å². The summed E-state index contributed by atoms with van der Waals surface area (Å²) in [5.74, 6) is 0. The molecular formula is C14H18N2O. The van der Waals surface area contributed by atoms with Crippen LogP contribution in [-0.4, -0.2) is 11.5 Å². The predicted molar refractivity (Wildman–Crippen MR) is 71.4 cm³/mol. The molecule has 17 heavy (non-hydrogen) atoms. The SMILES string of the molecule is Cc1ccc(C)c2[nH]c(=O)c(CCCN)cc12. The van der Waals surface area contributed by atoms with Gasteiger partial charge in [-0.3, -0.25) is 4.79 Å². The Balaban J connectivity index is 2.63. The lowest BCUT2D eigenvalue weighted by molar-refractivity contribution is 0.824. The molecule has 0 aliphatic rings. The monoisotopic (exact) mass is 230 g/mol. The molecule has 3 N–H and O–H groups in total. The van der Waals surface area contributed by atoms with Gasteiger partial charge in [0.25, 0.3) is 5.56 Å². The number of fused-ring (bicyclic) bond motifs is 1. The predicted octanol–water partition coefficient (Wildman–Crippen LogP) is 2.04. The maximum absolute atomic E-state index is 11.9. The van der Waals surface area contributed by atoms with Crippen LogP contribution in [0.2, 0.25) is 0 Å². The lowest BCUT2D eigenvalue weighted by atomic mass is 10.0.